The van der Waals surface area contributed by atoms with Gasteiger partial charge in [-0.2, -0.15) is 0 Å². The highest BCUT2D eigenvalue weighted by Crippen LogP contribution is 2.57. The van der Waals surface area contributed by atoms with E-state index in [1.807, 2.05) is 0 Å². The van der Waals surface area contributed by atoms with E-state index in [4.69, 9.17) is 6.57 Å². The molecule has 0 aromatic heterocycles. The predicted molar refractivity (Wildman–Crippen MR) is 81.0 cm³/mol. The standard InChI is InChI=1S/C17H30N2/c1-15(2,3)14-8-9-17(12-13(17)18-7)10-11-19(14)16(4,5)6/h13-14H,8-12H2,1-6H3. The van der Waals surface area contributed by atoms with Crippen molar-refractivity contribution in [2.24, 2.45) is 10.8 Å². The molecule has 2 aliphatic rings. The van der Waals surface area contributed by atoms with E-state index in [2.05, 4.69) is 51.3 Å². The van der Waals surface area contributed by atoms with Crippen LogP contribution in [0, 0.1) is 17.4 Å². The molecule has 0 radical (unpaired) electrons. The van der Waals surface area contributed by atoms with Gasteiger partial charge in [0.15, 0.2) is 0 Å². The van der Waals surface area contributed by atoms with Gasteiger partial charge in [-0.05, 0) is 52.0 Å². The summed E-state index contributed by atoms with van der Waals surface area (Å²) in [6.07, 6.45) is 4.90. The summed E-state index contributed by atoms with van der Waals surface area (Å²) in [4.78, 5) is 6.53. The quantitative estimate of drug-likeness (QED) is 0.588. The van der Waals surface area contributed by atoms with Gasteiger partial charge >= 0.3 is 0 Å². The second kappa shape index (κ2) is 4.48. The van der Waals surface area contributed by atoms with Gasteiger partial charge < -0.3 is 4.85 Å². The molecule has 2 rings (SSSR count). The van der Waals surface area contributed by atoms with E-state index in [-0.39, 0.29) is 5.54 Å². The van der Waals surface area contributed by atoms with E-state index in [9.17, 15) is 0 Å². The van der Waals surface area contributed by atoms with Crippen LogP contribution in [-0.2, 0) is 0 Å². The molecular formula is C17H30N2. The summed E-state index contributed by atoms with van der Waals surface area (Å²) in [5, 5.41) is 0. The molecule has 0 bridgehead atoms. The van der Waals surface area contributed by atoms with Gasteiger partial charge in [0.05, 0.1) is 5.41 Å². The number of hydrogen-bond donors (Lipinski definition) is 0. The summed E-state index contributed by atoms with van der Waals surface area (Å²) in [5.41, 5.74) is 0.929. The molecule has 1 spiro atoms. The maximum atomic E-state index is 7.31. The van der Waals surface area contributed by atoms with Crippen LogP contribution in [0.3, 0.4) is 0 Å². The van der Waals surface area contributed by atoms with E-state index < -0.39 is 0 Å². The van der Waals surface area contributed by atoms with Crippen LogP contribution in [0.5, 0.6) is 0 Å². The summed E-state index contributed by atoms with van der Waals surface area (Å²) >= 11 is 0. The van der Waals surface area contributed by atoms with Crippen LogP contribution in [0.15, 0.2) is 0 Å². The van der Waals surface area contributed by atoms with Crippen molar-refractivity contribution in [2.75, 3.05) is 6.54 Å². The molecule has 0 N–H and O–H groups in total. The van der Waals surface area contributed by atoms with Gasteiger partial charge in [0, 0.05) is 18.0 Å². The summed E-state index contributed by atoms with van der Waals surface area (Å²) < 4.78 is 0. The Morgan fingerprint density at radius 1 is 1.11 bits per heavy atom. The van der Waals surface area contributed by atoms with Crippen molar-refractivity contribution in [1.29, 1.82) is 0 Å². The van der Waals surface area contributed by atoms with E-state index >= 15 is 0 Å². The second-order valence-electron chi connectivity index (χ2n) is 8.75. The molecule has 3 unspecified atom stereocenters. The Morgan fingerprint density at radius 3 is 2.16 bits per heavy atom. The monoisotopic (exact) mass is 262 g/mol. The molecular weight excluding hydrogens is 232 g/mol. The Labute approximate surface area is 119 Å². The van der Waals surface area contributed by atoms with Crippen molar-refractivity contribution in [2.45, 2.75) is 84.8 Å². The molecule has 1 aliphatic carbocycles. The molecule has 1 aliphatic heterocycles. The average molecular weight is 262 g/mol. The van der Waals surface area contributed by atoms with Crippen LogP contribution in [0.2, 0.25) is 0 Å². The highest BCUT2D eigenvalue weighted by Gasteiger charge is 2.61. The third-order valence-electron chi connectivity index (χ3n) is 5.31. The molecule has 0 aromatic rings. The highest BCUT2D eigenvalue weighted by molar-refractivity contribution is 5.15. The number of likely N-dealkylation sites (tertiary alicyclic amines) is 1. The lowest BCUT2D eigenvalue weighted by molar-refractivity contribution is 0.0243. The Hall–Kier alpha value is -0.550. The van der Waals surface area contributed by atoms with Crippen molar-refractivity contribution in [3.05, 3.63) is 11.4 Å². The zero-order chi connectivity index (χ0) is 14.5. The molecule has 2 nitrogen and oxygen atoms in total. The van der Waals surface area contributed by atoms with Crippen LogP contribution >= 0.6 is 0 Å². The Morgan fingerprint density at radius 2 is 1.74 bits per heavy atom. The summed E-state index contributed by atoms with van der Waals surface area (Å²) in [6.45, 7) is 22.6. The van der Waals surface area contributed by atoms with Crippen LogP contribution in [0.1, 0.15) is 67.2 Å². The third kappa shape index (κ3) is 2.82. The van der Waals surface area contributed by atoms with Crippen molar-refractivity contribution in [1.82, 2.24) is 4.90 Å². The summed E-state index contributed by atoms with van der Waals surface area (Å²) in [6, 6.07) is 0.965. The van der Waals surface area contributed by atoms with E-state index in [0.717, 1.165) is 13.0 Å². The van der Waals surface area contributed by atoms with Crippen molar-refractivity contribution < 1.29 is 0 Å². The molecule has 2 heteroatoms. The van der Waals surface area contributed by atoms with Gasteiger partial charge in [-0.25, -0.2) is 6.57 Å². The normalized spacial score (nSPS) is 36.9. The average Bonchev–Trinajstić information content (AvgIpc) is 2.97. The van der Waals surface area contributed by atoms with E-state index in [1.54, 1.807) is 0 Å². The van der Waals surface area contributed by atoms with Crippen molar-refractivity contribution in [3.8, 4) is 0 Å². The van der Waals surface area contributed by atoms with Crippen molar-refractivity contribution >= 4 is 0 Å². The molecule has 3 atom stereocenters. The SMILES string of the molecule is [C-]#[N+]C1CC12CCC(C(C)(C)C)N(C(C)(C)C)CC2. The lowest BCUT2D eigenvalue weighted by Crippen LogP contribution is -2.52. The number of rotatable bonds is 0. The van der Waals surface area contributed by atoms with E-state index in [1.165, 1.54) is 19.3 Å². The van der Waals surface area contributed by atoms with Gasteiger partial charge in [0.1, 0.15) is 0 Å². The molecule has 19 heavy (non-hydrogen) atoms. The minimum absolute atomic E-state index is 0.228. The fourth-order valence-corrected chi connectivity index (χ4v) is 3.95. The van der Waals surface area contributed by atoms with Gasteiger partial charge in [0.25, 0.3) is 0 Å². The summed E-state index contributed by atoms with van der Waals surface area (Å²) in [7, 11) is 0. The van der Waals surface area contributed by atoms with Crippen molar-refractivity contribution in [3.63, 3.8) is 0 Å². The fourth-order valence-electron chi connectivity index (χ4n) is 3.95. The maximum Gasteiger partial charge on any atom is 0.230 e. The zero-order valence-corrected chi connectivity index (χ0v) is 13.6. The summed E-state index contributed by atoms with van der Waals surface area (Å²) in [5.74, 6) is 0. The van der Waals surface area contributed by atoms with Gasteiger partial charge in [0.2, 0.25) is 6.04 Å². The molecule has 1 saturated carbocycles. The Balaban J connectivity index is 2.20. The van der Waals surface area contributed by atoms with Gasteiger partial charge in [-0.15, -0.1) is 0 Å². The van der Waals surface area contributed by atoms with Crippen LogP contribution in [0.25, 0.3) is 4.85 Å². The number of hydrogen-bond acceptors (Lipinski definition) is 1. The first-order valence-corrected chi connectivity index (χ1v) is 7.73. The van der Waals surface area contributed by atoms with E-state index in [0.29, 0.717) is 22.9 Å². The lowest BCUT2D eigenvalue weighted by Gasteiger charge is -2.46. The maximum absolute atomic E-state index is 7.31. The van der Waals surface area contributed by atoms with Crippen LogP contribution < -0.4 is 0 Å². The Bertz CT molecular complexity index is 354. The topological polar surface area (TPSA) is 7.60 Å². The third-order valence-corrected chi connectivity index (χ3v) is 5.31. The molecule has 108 valence electrons. The minimum Gasteiger partial charge on any atom is -0.313 e. The zero-order valence-electron chi connectivity index (χ0n) is 13.6. The van der Waals surface area contributed by atoms with Crippen LogP contribution in [0.4, 0.5) is 0 Å². The fraction of sp³-hybridized carbons (Fsp3) is 0.941. The smallest absolute Gasteiger partial charge is 0.230 e. The first kappa shape index (κ1) is 14.9. The first-order valence-electron chi connectivity index (χ1n) is 7.73. The molecule has 1 heterocycles. The molecule has 0 amide bonds. The second-order valence-corrected chi connectivity index (χ2v) is 8.75. The van der Waals surface area contributed by atoms with Gasteiger partial charge in [-0.1, -0.05) is 20.8 Å². The minimum atomic E-state index is 0.228. The molecule has 1 saturated heterocycles. The van der Waals surface area contributed by atoms with Crippen LogP contribution in [-0.4, -0.2) is 29.1 Å². The largest absolute Gasteiger partial charge is 0.313 e. The lowest BCUT2D eigenvalue weighted by atomic mass is 9.80. The first-order chi connectivity index (χ1) is 8.60. The molecule has 2 fully saturated rings. The Kier molecular flexibility index (Phi) is 3.51. The highest BCUT2D eigenvalue weighted by atomic mass is 15.2. The molecule has 0 aromatic carbocycles. The predicted octanol–water partition coefficient (Wildman–Crippen LogP) is 4.36. The van der Waals surface area contributed by atoms with Gasteiger partial charge in [-0.3, -0.25) is 4.90 Å². The number of nitrogens with zero attached hydrogens (tertiary/aromatic N) is 2.